The van der Waals surface area contributed by atoms with Crippen molar-refractivity contribution in [2.24, 2.45) is 4.99 Å². The predicted octanol–water partition coefficient (Wildman–Crippen LogP) is 4.56. The molecule has 0 bridgehead atoms. The van der Waals surface area contributed by atoms with Crippen molar-refractivity contribution in [1.82, 2.24) is 4.98 Å². The summed E-state index contributed by atoms with van der Waals surface area (Å²) in [5.41, 5.74) is 5.41. The minimum atomic E-state index is 0.715. The van der Waals surface area contributed by atoms with Crippen molar-refractivity contribution >= 4 is 23.4 Å². The fourth-order valence-electron chi connectivity index (χ4n) is 2.54. The fourth-order valence-corrected chi connectivity index (χ4v) is 2.54. The molecule has 0 saturated heterocycles. The normalized spacial score (nSPS) is 12.0. The van der Waals surface area contributed by atoms with E-state index in [0.717, 1.165) is 22.5 Å². The number of nitrogens with zero attached hydrogens (tertiary/aromatic N) is 2. The lowest BCUT2D eigenvalue weighted by atomic mass is 10.0. The first-order valence-corrected chi connectivity index (χ1v) is 6.86. The maximum atomic E-state index is 4.46. The summed E-state index contributed by atoms with van der Waals surface area (Å²) < 4.78 is 0. The number of nitrogens with one attached hydrogen (secondary N) is 1. The van der Waals surface area contributed by atoms with Crippen molar-refractivity contribution in [3.8, 4) is 11.1 Å². The molecule has 21 heavy (non-hydrogen) atoms. The highest BCUT2D eigenvalue weighted by Gasteiger charge is 2.14. The van der Waals surface area contributed by atoms with E-state index in [1.807, 2.05) is 24.4 Å². The molecule has 2 heterocycles. The average molecular weight is 271 g/mol. The Morgan fingerprint density at radius 1 is 0.810 bits per heavy atom. The van der Waals surface area contributed by atoms with Crippen LogP contribution in [0.2, 0.25) is 0 Å². The lowest BCUT2D eigenvalue weighted by molar-refractivity contribution is 1.28. The molecular weight excluding hydrogens is 258 g/mol. The molecular formula is C18H13N3. The SMILES string of the molecule is C1=Nc2ncccc2Nc2c1cccc2-c1ccccc1. The van der Waals surface area contributed by atoms with Crippen molar-refractivity contribution in [2.75, 3.05) is 5.32 Å². The van der Waals surface area contributed by atoms with Gasteiger partial charge in [-0.2, -0.15) is 0 Å². The first kappa shape index (κ1) is 11.9. The highest BCUT2D eigenvalue weighted by molar-refractivity contribution is 5.99. The summed E-state index contributed by atoms with van der Waals surface area (Å²) in [4.78, 5) is 8.77. The van der Waals surface area contributed by atoms with Crippen LogP contribution in [-0.2, 0) is 0 Å². The molecule has 0 unspecified atom stereocenters. The Balaban J connectivity index is 1.92. The first-order chi connectivity index (χ1) is 10.4. The van der Waals surface area contributed by atoms with Gasteiger partial charge in [-0.1, -0.05) is 48.5 Å². The summed E-state index contributed by atoms with van der Waals surface area (Å²) in [6, 6.07) is 20.5. The molecule has 3 aromatic rings. The molecule has 0 fully saturated rings. The number of pyridine rings is 1. The second kappa shape index (κ2) is 4.87. The van der Waals surface area contributed by atoms with Gasteiger partial charge >= 0.3 is 0 Å². The van der Waals surface area contributed by atoms with Gasteiger partial charge < -0.3 is 5.32 Å². The number of para-hydroxylation sites is 1. The number of rotatable bonds is 1. The molecule has 3 heteroatoms. The van der Waals surface area contributed by atoms with Crippen LogP contribution in [-0.4, -0.2) is 11.2 Å². The Morgan fingerprint density at radius 3 is 2.62 bits per heavy atom. The molecule has 3 nitrogen and oxygen atoms in total. The molecule has 2 aromatic carbocycles. The molecule has 4 rings (SSSR count). The zero-order valence-electron chi connectivity index (χ0n) is 11.3. The van der Waals surface area contributed by atoms with Crippen LogP contribution in [0.4, 0.5) is 17.2 Å². The van der Waals surface area contributed by atoms with Gasteiger partial charge in [-0.25, -0.2) is 9.98 Å². The van der Waals surface area contributed by atoms with Gasteiger partial charge in [0.15, 0.2) is 5.82 Å². The van der Waals surface area contributed by atoms with Crippen molar-refractivity contribution in [1.29, 1.82) is 0 Å². The third kappa shape index (κ3) is 2.09. The largest absolute Gasteiger partial charge is 0.351 e. The van der Waals surface area contributed by atoms with Gasteiger partial charge in [-0.3, -0.25) is 0 Å². The number of hydrogen-bond acceptors (Lipinski definition) is 3. The minimum absolute atomic E-state index is 0.715. The van der Waals surface area contributed by atoms with Gasteiger partial charge in [0, 0.05) is 23.5 Å². The monoisotopic (exact) mass is 271 g/mol. The van der Waals surface area contributed by atoms with Gasteiger partial charge in [-0.15, -0.1) is 0 Å². The minimum Gasteiger partial charge on any atom is -0.351 e. The van der Waals surface area contributed by atoms with Gasteiger partial charge in [0.05, 0.1) is 11.4 Å². The lowest BCUT2D eigenvalue weighted by Crippen LogP contribution is -1.96. The molecule has 1 N–H and O–H groups in total. The van der Waals surface area contributed by atoms with Gasteiger partial charge in [0.25, 0.3) is 0 Å². The molecule has 1 aliphatic heterocycles. The third-order valence-corrected chi connectivity index (χ3v) is 3.55. The molecule has 100 valence electrons. The summed E-state index contributed by atoms with van der Waals surface area (Å²) in [5, 5.41) is 3.48. The third-order valence-electron chi connectivity index (χ3n) is 3.55. The summed E-state index contributed by atoms with van der Waals surface area (Å²) in [7, 11) is 0. The lowest BCUT2D eigenvalue weighted by Gasteiger charge is -2.14. The molecule has 0 radical (unpaired) electrons. The Hall–Kier alpha value is -2.94. The van der Waals surface area contributed by atoms with Crippen LogP contribution in [0, 0.1) is 0 Å². The predicted molar refractivity (Wildman–Crippen MR) is 86.7 cm³/mol. The zero-order valence-corrected chi connectivity index (χ0v) is 11.3. The van der Waals surface area contributed by atoms with E-state index in [1.54, 1.807) is 6.20 Å². The fraction of sp³-hybridized carbons (Fsp3) is 0. The van der Waals surface area contributed by atoms with E-state index in [2.05, 4.69) is 57.8 Å². The Bertz CT molecular complexity index is 823. The quantitative estimate of drug-likeness (QED) is 0.551. The van der Waals surface area contributed by atoms with Crippen LogP contribution >= 0.6 is 0 Å². The van der Waals surface area contributed by atoms with Gasteiger partial charge in [0.1, 0.15) is 0 Å². The van der Waals surface area contributed by atoms with E-state index in [-0.39, 0.29) is 0 Å². The van der Waals surface area contributed by atoms with Gasteiger partial charge in [0.2, 0.25) is 0 Å². The number of benzene rings is 2. The number of hydrogen-bond donors (Lipinski definition) is 1. The van der Waals surface area contributed by atoms with Crippen LogP contribution in [0.5, 0.6) is 0 Å². The summed E-state index contributed by atoms with van der Waals surface area (Å²) >= 11 is 0. The summed E-state index contributed by atoms with van der Waals surface area (Å²) in [6.45, 7) is 0. The van der Waals surface area contributed by atoms with E-state index in [9.17, 15) is 0 Å². The number of aliphatic imine (C=N–C) groups is 1. The average Bonchev–Trinajstić information content (AvgIpc) is 2.74. The Kier molecular flexibility index (Phi) is 2.75. The number of aromatic nitrogens is 1. The van der Waals surface area contributed by atoms with Crippen LogP contribution in [0.25, 0.3) is 11.1 Å². The standard InChI is InChI=1S/C18H13N3/c1-2-6-13(7-3-1)15-9-4-8-14-12-20-18-16(21-17(14)15)10-5-11-19-18/h1-12,21H. The molecule has 0 amide bonds. The topological polar surface area (TPSA) is 37.3 Å². The van der Waals surface area contributed by atoms with Crippen LogP contribution in [0.3, 0.4) is 0 Å². The second-order valence-corrected chi connectivity index (χ2v) is 4.89. The molecule has 0 spiro atoms. The van der Waals surface area contributed by atoms with Crippen molar-refractivity contribution in [2.45, 2.75) is 0 Å². The highest BCUT2D eigenvalue weighted by atomic mass is 15.0. The maximum Gasteiger partial charge on any atom is 0.175 e. The molecule has 0 saturated carbocycles. The van der Waals surface area contributed by atoms with Crippen molar-refractivity contribution < 1.29 is 0 Å². The zero-order chi connectivity index (χ0) is 14.1. The summed E-state index contributed by atoms with van der Waals surface area (Å²) in [6.07, 6.45) is 3.62. The molecule has 0 aliphatic carbocycles. The smallest absolute Gasteiger partial charge is 0.175 e. The molecule has 1 aromatic heterocycles. The van der Waals surface area contributed by atoms with Crippen molar-refractivity contribution in [3.63, 3.8) is 0 Å². The van der Waals surface area contributed by atoms with Crippen LogP contribution < -0.4 is 5.32 Å². The number of fused-ring (bicyclic) bond motifs is 2. The second-order valence-electron chi connectivity index (χ2n) is 4.89. The van der Waals surface area contributed by atoms with E-state index in [0.29, 0.717) is 5.82 Å². The first-order valence-electron chi connectivity index (χ1n) is 6.86. The van der Waals surface area contributed by atoms with Crippen LogP contribution in [0.1, 0.15) is 5.56 Å². The van der Waals surface area contributed by atoms with Crippen LogP contribution in [0.15, 0.2) is 71.9 Å². The number of anilines is 2. The van der Waals surface area contributed by atoms with E-state index in [4.69, 9.17) is 0 Å². The molecule has 0 atom stereocenters. The Labute approximate surface area is 123 Å². The van der Waals surface area contributed by atoms with Crippen molar-refractivity contribution in [3.05, 3.63) is 72.4 Å². The van der Waals surface area contributed by atoms with E-state index in [1.165, 1.54) is 5.56 Å². The van der Waals surface area contributed by atoms with E-state index < -0.39 is 0 Å². The molecule has 1 aliphatic rings. The maximum absolute atomic E-state index is 4.46. The highest BCUT2D eigenvalue weighted by Crippen LogP contribution is 2.36. The van der Waals surface area contributed by atoms with Gasteiger partial charge in [-0.05, 0) is 17.7 Å². The van der Waals surface area contributed by atoms with E-state index >= 15 is 0 Å². The summed E-state index contributed by atoms with van der Waals surface area (Å²) in [5.74, 6) is 0.715. The Morgan fingerprint density at radius 2 is 1.71 bits per heavy atom.